The predicted octanol–water partition coefficient (Wildman–Crippen LogP) is 9.28. The molecule has 1 amide bonds. The van der Waals surface area contributed by atoms with Gasteiger partial charge in [0, 0.05) is 0 Å². The summed E-state index contributed by atoms with van der Waals surface area (Å²) in [5.41, 5.74) is 6.54. The van der Waals surface area contributed by atoms with Gasteiger partial charge < -0.3 is 4.74 Å². The Morgan fingerprint density at radius 1 is 0.854 bits per heavy atom. The van der Waals surface area contributed by atoms with Crippen LogP contribution in [0.4, 0.5) is 0 Å². The molecule has 2 aromatic rings. The van der Waals surface area contributed by atoms with Gasteiger partial charge in [0.05, 0.1) is 18.2 Å². The highest BCUT2D eigenvalue weighted by Crippen LogP contribution is 2.65. The predicted molar refractivity (Wildman–Crippen MR) is 169 cm³/mol. The van der Waals surface area contributed by atoms with Crippen molar-refractivity contribution in [3.05, 3.63) is 65.2 Å². The second-order valence-electron chi connectivity index (χ2n) is 13.7. The van der Waals surface area contributed by atoms with E-state index in [0.717, 1.165) is 43.6 Å². The summed E-state index contributed by atoms with van der Waals surface area (Å²) < 4.78 is 5.95. The molecule has 4 aliphatic carbocycles. The first-order valence-corrected chi connectivity index (χ1v) is 16.6. The van der Waals surface area contributed by atoms with Gasteiger partial charge >= 0.3 is 0 Å². The lowest BCUT2D eigenvalue weighted by atomic mass is 9.42. The van der Waals surface area contributed by atoms with E-state index in [1.165, 1.54) is 88.2 Å². The van der Waals surface area contributed by atoms with Crippen LogP contribution in [-0.4, -0.2) is 18.7 Å². The normalized spacial score (nSPS) is 26.5. The van der Waals surface area contributed by atoms with E-state index in [-0.39, 0.29) is 16.7 Å². The molecule has 41 heavy (non-hydrogen) atoms. The van der Waals surface area contributed by atoms with E-state index in [0.29, 0.717) is 11.8 Å². The van der Waals surface area contributed by atoms with Crippen LogP contribution in [-0.2, 0) is 10.2 Å². The number of hydrogen-bond donors (Lipinski definition) is 1. The highest BCUT2D eigenvalue weighted by molar-refractivity contribution is 5.86. The molecule has 2 aromatic carbocycles. The van der Waals surface area contributed by atoms with Gasteiger partial charge in [-0.25, -0.2) is 5.43 Å². The molecule has 4 fully saturated rings. The number of nitrogens with zero attached hydrogens (tertiary/aromatic N) is 1. The van der Waals surface area contributed by atoms with Crippen LogP contribution in [0.2, 0.25) is 0 Å². The average molecular weight is 557 g/mol. The Bertz CT molecular complexity index is 1120. The van der Waals surface area contributed by atoms with Crippen molar-refractivity contribution in [2.45, 2.75) is 122 Å². The van der Waals surface area contributed by atoms with E-state index in [2.05, 4.69) is 48.6 Å². The fourth-order valence-electron chi connectivity index (χ4n) is 8.49. The number of carbonyl (C=O) groups excluding carboxylic acids is 1. The van der Waals surface area contributed by atoms with Gasteiger partial charge in [-0.15, -0.1) is 0 Å². The molecule has 0 heterocycles. The van der Waals surface area contributed by atoms with Gasteiger partial charge in [0.2, 0.25) is 5.91 Å². The molecule has 0 spiro atoms. The SMILES string of the molecule is CCCCCCCCCCCCOc1ccc(/C=N\NC(=O)C23C[C@H]4C[C@H](C2)CC(c2ccc(C)cc2)(C4)C3)cc1. The van der Waals surface area contributed by atoms with Crippen LogP contribution in [0.1, 0.15) is 126 Å². The Morgan fingerprint density at radius 3 is 2.10 bits per heavy atom. The third-order valence-electron chi connectivity index (χ3n) is 10.2. The standard InChI is InChI=1S/C37H52N2O2/c1-3-4-5-6-7-8-9-10-11-12-21-41-34-19-15-30(16-20-34)27-38-39-35(40)37-25-31-22-32(26-37)24-36(23-31,28-37)33-17-13-29(2)14-18-33/h13-20,27,31-32H,3-12,21-26,28H2,1-2H3,(H,39,40)/b38-27-/t31-,32-,36?,37?/m0/s1. The highest BCUT2D eigenvalue weighted by Gasteiger charge is 2.60. The van der Waals surface area contributed by atoms with Crippen molar-refractivity contribution in [1.29, 1.82) is 0 Å². The number of aryl methyl sites for hydroxylation is 1. The quantitative estimate of drug-likeness (QED) is 0.127. The number of unbranched alkanes of at least 4 members (excludes halogenated alkanes) is 9. The zero-order valence-electron chi connectivity index (χ0n) is 25.6. The smallest absolute Gasteiger partial charge is 0.246 e. The molecule has 4 aliphatic rings. The van der Waals surface area contributed by atoms with Gasteiger partial charge in [-0.05, 0) is 105 Å². The summed E-state index contributed by atoms with van der Waals surface area (Å²) in [6.45, 7) is 5.20. The lowest BCUT2D eigenvalue weighted by Crippen LogP contribution is -2.58. The molecule has 4 bridgehead atoms. The van der Waals surface area contributed by atoms with E-state index in [9.17, 15) is 4.79 Å². The number of hydrogen-bond acceptors (Lipinski definition) is 3. The average Bonchev–Trinajstić information content (AvgIpc) is 2.96. The minimum absolute atomic E-state index is 0.121. The summed E-state index contributed by atoms with van der Waals surface area (Å²) in [5, 5.41) is 4.40. The van der Waals surface area contributed by atoms with Crippen molar-refractivity contribution < 1.29 is 9.53 Å². The van der Waals surface area contributed by atoms with Gasteiger partial charge in [-0.2, -0.15) is 5.10 Å². The van der Waals surface area contributed by atoms with Crippen LogP contribution < -0.4 is 10.2 Å². The van der Waals surface area contributed by atoms with Crippen molar-refractivity contribution in [2.75, 3.05) is 6.61 Å². The van der Waals surface area contributed by atoms with Crippen LogP contribution in [0.25, 0.3) is 0 Å². The minimum atomic E-state index is -0.279. The Hall–Kier alpha value is -2.62. The van der Waals surface area contributed by atoms with Gasteiger partial charge in [0.15, 0.2) is 0 Å². The zero-order valence-corrected chi connectivity index (χ0v) is 25.6. The molecular weight excluding hydrogens is 504 g/mol. The van der Waals surface area contributed by atoms with E-state index in [4.69, 9.17) is 4.74 Å². The van der Waals surface area contributed by atoms with Gasteiger partial charge in [0.25, 0.3) is 0 Å². The number of rotatable bonds is 16. The maximum atomic E-state index is 13.6. The zero-order chi connectivity index (χ0) is 28.5. The largest absolute Gasteiger partial charge is 0.494 e. The van der Waals surface area contributed by atoms with E-state index < -0.39 is 0 Å². The summed E-state index contributed by atoms with van der Waals surface area (Å²) in [7, 11) is 0. The van der Waals surface area contributed by atoms with Crippen LogP contribution in [0.3, 0.4) is 0 Å². The Morgan fingerprint density at radius 2 is 1.46 bits per heavy atom. The van der Waals surface area contributed by atoms with Crippen molar-refractivity contribution in [3.8, 4) is 5.75 Å². The number of hydrazone groups is 1. The second-order valence-corrected chi connectivity index (χ2v) is 13.7. The number of amides is 1. The number of benzene rings is 2. The molecule has 0 aliphatic heterocycles. The summed E-state index contributed by atoms with van der Waals surface area (Å²) >= 11 is 0. The fraction of sp³-hybridized carbons (Fsp3) is 0.622. The molecule has 4 heteroatoms. The van der Waals surface area contributed by atoms with Gasteiger partial charge in [-0.3, -0.25) is 4.79 Å². The molecule has 0 radical (unpaired) electrons. The molecule has 4 saturated carbocycles. The minimum Gasteiger partial charge on any atom is -0.494 e. The Labute approximate surface area is 248 Å². The molecule has 0 aromatic heterocycles. The number of nitrogens with one attached hydrogen (secondary N) is 1. The van der Waals surface area contributed by atoms with Crippen LogP contribution in [0, 0.1) is 24.2 Å². The third-order valence-corrected chi connectivity index (χ3v) is 10.2. The molecule has 222 valence electrons. The summed E-state index contributed by atoms with van der Waals surface area (Å²) in [6, 6.07) is 17.1. The summed E-state index contributed by atoms with van der Waals surface area (Å²) in [5.74, 6) is 2.33. The summed E-state index contributed by atoms with van der Waals surface area (Å²) in [4.78, 5) is 13.6. The fourth-order valence-corrected chi connectivity index (χ4v) is 8.49. The van der Waals surface area contributed by atoms with Crippen LogP contribution >= 0.6 is 0 Å². The molecule has 0 unspecified atom stereocenters. The molecule has 6 rings (SSSR count). The first kappa shape index (κ1) is 29.9. The van der Waals surface area contributed by atoms with Gasteiger partial charge in [0.1, 0.15) is 5.75 Å². The van der Waals surface area contributed by atoms with Crippen molar-refractivity contribution >= 4 is 12.1 Å². The first-order chi connectivity index (χ1) is 20.0. The van der Waals surface area contributed by atoms with Crippen molar-refractivity contribution in [3.63, 3.8) is 0 Å². The molecule has 4 nitrogen and oxygen atoms in total. The molecular formula is C37H52N2O2. The van der Waals surface area contributed by atoms with E-state index in [1.807, 2.05) is 24.3 Å². The maximum absolute atomic E-state index is 13.6. The Kier molecular flexibility index (Phi) is 10.2. The lowest BCUT2D eigenvalue weighted by molar-refractivity contribution is -0.149. The molecule has 0 saturated heterocycles. The second kappa shape index (κ2) is 14.0. The number of ether oxygens (including phenoxy) is 1. The van der Waals surface area contributed by atoms with Crippen LogP contribution in [0.15, 0.2) is 53.6 Å². The van der Waals surface area contributed by atoms with Crippen molar-refractivity contribution in [1.82, 2.24) is 5.43 Å². The van der Waals surface area contributed by atoms with Crippen molar-refractivity contribution in [2.24, 2.45) is 22.4 Å². The maximum Gasteiger partial charge on any atom is 0.246 e. The monoisotopic (exact) mass is 556 g/mol. The Balaban J connectivity index is 1.04. The van der Waals surface area contributed by atoms with Gasteiger partial charge in [-0.1, -0.05) is 94.5 Å². The van der Waals surface area contributed by atoms with E-state index in [1.54, 1.807) is 6.21 Å². The molecule has 1 N–H and O–H groups in total. The first-order valence-electron chi connectivity index (χ1n) is 16.6. The highest BCUT2D eigenvalue weighted by atomic mass is 16.5. The number of carbonyl (C=O) groups is 1. The summed E-state index contributed by atoms with van der Waals surface area (Å²) in [6.07, 6.45) is 21.8. The molecule has 2 atom stereocenters. The van der Waals surface area contributed by atoms with Crippen LogP contribution in [0.5, 0.6) is 5.75 Å². The van der Waals surface area contributed by atoms with E-state index >= 15 is 0 Å². The topological polar surface area (TPSA) is 50.7 Å². The lowest BCUT2D eigenvalue weighted by Gasteiger charge is -2.61. The third kappa shape index (κ3) is 7.62.